The smallest absolute Gasteiger partial charge is 0.222 e. The second kappa shape index (κ2) is 9.69. The molecule has 0 saturated carbocycles. The zero-order valence-electron chi connectivity index (χ0n) is 20.9. The molecule has 0 fully saturated rings. The maximum absolute atomic E-state index is 11.6. The van der Waals surface area contributed by atoms with E-state index in [0.717, 1.165) is 33.7 Å². The van der Waals surface area contributed by atoms with Crippen LogP contribution in [0.5, 0.6) is 0 Å². The van der Waals surface area contributed by atoms with Gasteiger partial charge < -0.3 is 16.4 Å². The molecule has 5 aromatic rings. The van der Waals surface area contributed by atoms with Gasteiger partial charge in [0.25, 0.3) is 0 Å². The second-order valence-electron chi connectivity index (χ2n) is 9.05. The summed E-state index contributed by atoms with van der Waals surface area (Å²) >= 11 is 0. The lowest BCUT2D eigenvalue weighted by Gasteiger charge is -2.24. The van der Waals surface area contributed by atoms with E-state index in [1.807, 2.05) is 70.0 Å². The lowest BCUT2D eigenvalue weighted by atomic mass is 10.1. The van der Waals surface area contributed by atoms with Crippen LogP contribution in [0.15, 0.2) is 61.3 Å². The van der Waals surface area contributed by atoms with Crippen LogP contribution in [0.2, 0.25) is 0 Å². The molecule has 0 bridgehead atoms. The van der Waals surface area contributed by atoms with E-state index in [1.165, 1.54) is 0 Å². The van der Waals surface area contributed by atoms with E-state index in [4.69, 9.17) is 11.5 Å². The second-order valence-corrected chi connectivity index (χ2v) is 9.05. The number of anilines is 3. The summed E-state index contributed by atoms with van der Waals surface area (Å²) in [5.41, 5.74) is 16.5. The molecule has 4 N–H and O–H groups in total. The van der Waals surface area contributed by atoms with E-state index in [2.05, 4.69) is 38.9 Å². The number of hydrogen-bond acceptors (Lipinski definition) is 8. The number of aryl methyl sites for hydroxylation is 1. The van der Waals surface area contributed by atoms with Crippen LogP contribution in [0.1, 0.15) is 32.0 Å². The predicted octanol–water partition coefficient (Wildman–Crippen LogP) is 3.56. The van der Waals surface area contributed by atoms with E-state index in [-0.39, 0.29) is 18.4 Å². The SMILES string of the molecule is Cc1cc(N(CCC(N)=O)c2cc(-c3cn(-c4cnn(C(C)C)c4)c4ncccc34)nc(N)n2)ccn1. The van der Waals surface area contributed by atoms with Crippen molar-refractivity contribution in [3.63, 3.8) is 0 Å². The molecule has 0 saturated heterocycles. The van der Waals surface area contributed by atoms with Gasteiger partial charge in [-0.05, 0) is 45.0 Å². The van der Waals surface area contributed by atoms with Gasteiger partial charge in [-0.3, -0.25) is 19.0 Å². The molecule has 5 rings (SSSR count). The van der Waals surface area contributed by atoms with Gasteiger partial charge in [-0.1, -0.05) is 0 Å². The highest BCUT2D eigenvalue weighted by atomic mass is 16.1. The fourth-order valence-corrected chi connectivity index (χ4v) is 4.22. The molecular formula is C26H28N10O. The third-order valence-corrected chi connectivity index (χ3v) is 6.01. The van der Waals surface area contributed by atoms with E-state index >= 15 is 0 Å². The van der Waals surface area contributed by atoms with E-state index in [1.54, 1.807) is 12.4 Å². The number of rotatable bonds is 8. The van der Waals surface area contributed by atoms with Crippen molar-refractivity contribution in [2.45, 2.75) is 33.2 Å². The number of carbonyl (C=O) groups excluding carboxylic acids is 1. The number of pyridine rings is 2. The van der Waals surface area contributed by atoms with Crippen LogP contribution in [0, 0.1) is 6.92 Å². The summed E-state index contributed by atoms with van der Waals surface area (Å²) in [6, 6.07) is 9.75. The first kappa shape index (κ1) is 23.9. The van der Waals surface area contributed by atoms with Gasteiger partial charge in [0.15, 0.2) is 0 Å². The third kappa shape index (κ3) is 4.83. The molecule has 11 nitrogen and oxygen atoms in total. The largest absolute Gasteiger partial charge is 0.370 e. The van der Waals surface area contributed by atoms with Gasteiger partial charge in [-0.15, -0.1) is 0 Å². The molecule has 5 aromatic heterocycles. The molecular weight excluding hydrogens is 468 g/mol. The number of aromatic nitrogens is 7. The number of carbonyl (C=O) groups is 1. The number of amides is 1. The van der Waals surface area contributed by atoms with Crippen LogP contribution in [0.3, 0.4) is 0 Å². The molecule has 37 heavy (non-hydrogen) atoms. The maximum atomic E-state index is 11.6. The van der Waals surface area contributed by atoms with Crippen molar-refractivity contribution in [1.82, 2.24) is 34.3 Å². The normalized spacial score (nSPS) is 11.4. The van der Waals surface area contributed by atoms with E-state index in [9.17, 15) is 4.79 Å². The number of nitrogens with zero attached hydrogens (tertiary/aromatic N) is 8. The molecule has 11 heteroatoms. The summed E-state index contributed by atoms with van der Waals surface area (Å²) < 4.78 is 3.89. The Kier molecular flexibility index (Phi) is 6.26. The first-order valence-electron chi connectivity index (χ1n) is 11.9. The Balaban J connectivity index is 1.64. The minimum atomic E-state index is -0.408. The summed E-state index contributed by atoms with van der Waals surface area (Å²) in [4.78, 5) is 31.5. The predicted molar refractivity (Wildman–Crippen MR) is 142 cm³/mol. The van der Waals surface area contributed by atoms with Gasteiger partial charge in [0, 0.05) is 72.2 Å². The van der Waals surface area contributed by atoms with Gasteiger partial charge in [0.1, 0.15) is 11.5 Å². The van der Waals surface area contributed by atoms with Crippen molar-refractivity contribution in [2.24, 2.45) is 5.73 Å². The first-order valence-corrected chi connectivity index (χ1v) is 11.9. The van der Waals surface area contributed by atoms with Gasteiger partial charge in [0.2, 0.25) is 11.9 Å². The Hall–Kier alpha value is -4.80. The molecule has 5 heterocycles. The van der Waals surface area contributed by atoms with Crippen molar-refractivity contribution < 1.29 is 4.79 Å². The van der Waals surface area contributed by atoms with Crippen LogP contribution in [0.4, 0.5) is 17.5 Å². The molecule has 188 valence electrons. The lowest BCUT2D eigenvalue weighted by molar-refractivity contribution is -0.117. The van der Waals surface area contributed by atoms with Crippen molar-refractivity contribution in [3.8, 4) is 16.9 Å². The zero-order valence-corrected chi connectivity index (χ0v) is 20.9. The Morgan fingerprint density at radius 2 is 1.95 bits per heavy atom. The van der Waals surface area contributed by atoms with Crippen molar-refractivity contribution in [2.75, 3.05) is 17.2 Å². The molecule has 0 spiro atoms. The average Bonchev–Trinajstić information content (AvgIpc) is 3.49. The van der Waals surface area contributed by atoms with Gasteiger partial charge in [-0.25, -0.2) is 9.97 Å². The van der Waals surface area contributed by atoms with Crippen LogP contribution >= 0.6 is 0 Å². The fourth-order valence-electron chi connectivity index (χ4n) is 4.22. The van der Waals surface area contributed by atoms with Gasteiger partial charge in [-0.2, -0.15) is 10.1 Å². The Labute approximate surface area is 213 Å². The monoisotopic (exact) mass is 496 g/mol. The molecule has 0 unspecified atom stereocenters. The number of primary amides is 1. The molecule has 0 aromatic carbocycles. The van der Waals surface area contributed by atoms with Crippen molar-refractivity contribution in [3.05, 3.63) is 67.0 Å². The lowest BCUT2D eigenvalue weighted by Crippen LogP contribution is -2.25. The Bertz CT molecular complexity index is 1590. The van der Waals surface area contributed by atoms with Gasteiger partial charge >= 0.3 is 0 Å². The highest BCUT2D eigenvalue weighted by Crippen LogP contribution is 2.34. The number of nitrogen functional groups attached to an aromatic ring is 1. The van der Waals surface area contributed by atoms with Crippen LogP contribution < -0.4 is 16.4 Å². The quantitative estimate of drug-likeness (QED) is 0.331. The van der Waals surface area contributed by atoms with Crippen LogP contribution in [0.25, 0.3) is 28.0 Å². The zero-order chi connectivity index (χ0) is 26.1. The molecule has 0 aliphatic carbocycles. The molecule has 1 amide bonds. The van der Waals surface area contributed by atoms with E-state index < -0.39 is 5.91 Å². The van der Waals surface area contributed by atoms with Crippen molar-refractivity contribution in [1.29, 1.82) is 0 Å². The van der Waals surface area contributed by atoms with E-state index in [0.29, 0.717) is 18.1 Å². The maximum Gasteiger partial charge on any atom is 0.222 e. The minimum Gasteiger partial charge on any atom is -0.370 e. The summed E-state index contributed by atoms with van der Waals surface area (Å²) in [6.07, 6.45) is 9.39. The van der Waals surface area contributed by atoms with Gasteiger partial charge in [0.05, 0.1) is 17.6 Å². The minimum absolute atomic E-state index is 0.111. The molecule has 0 aliphatic rings. The molecule has 0 atom stereocenters. The fraction of sp³-hybridized carbons (Fsp3) is 0.231. The topological polar surface area (TPSA) is 147 Å². The Morgan fingerprint density at radius 3 is 2.68 bits per heavy atom. The molecule has 0 radical (unpaired) electrons. The van der Waals surface area contributed by atoms with Crippen molar-refractivity contribution >= 4 is 34.4 Å². The standard InChI is InChI=1S/C26H28N10O/c1-16(2)36-14-19(13-31-36)35-15-21(20-5-4-8-30-25(20)35)22-12-24(33-26(28)32-22)34(10-7-23(27)37)18-6-9-29-17(3)11-18/h4-6,8-9,11-16H,7,10H2,1-3H3,(H2,27,37)(H2,28,32,33). The van der Waals surface area contributed by atoms with Crippen LogP contribution in [-0.2, 0) is 4.79 Å². The average molecular weight is 497 g/mol. The number of nitrogens with two attached hydrogens (primary N) is 2. The molecule has 0 aliphatic heterocycles. The highest BCUT2D eigenvalue weighted by Gasteiger charge is 2.19. The third-order valence-electron chi connectivity index (χ3n) is 6.01. The first-order chi connectivity index (χ1) is 17.8. The Morgan fingerprint density at radius 1 is 1.11 bits per heavy atom. The summed E-state index contributed by atoms with van der Waals surface area (Å²) in [7, 11) is 0. The summed E-state index contributed by atoms with van der Waals surface area (Å²) in [5.74, 6) is 0.251. The summed E-state index contributed by atoms with van der Waals surface area (Å²) in [5, 5.41) is 5.39. The highest BCUT2D eigenvalue weighted by molar-refractivity contribution is 5.94. The van der Waals surface area contributed by atoms with Crippen LogP contribution in [-0.4, -0.2) is 46.7 Å². The number of fused-ring (bicyclic) bond motifs is 1. The number of hydrogen-bond donors (Lipinski definition) is 2. The summed E-state index contributed by atoms with van der Waals surface area (Å²) in [6.45, 7) is 6.38.